The van der Waals surface area contributed by atoms with Crippen LogP contribution in [0.5, 0.6) is 0 Å². The van der Waals surface area contributed by atoms with Crippen molar-refractivity contribution in [1.29, 1.82) is 0 Å². The number of ketones is 1. The standard InChI is InChI=1S/C17H17FO/c1-10-7-12(3)16(13(4)8-10)17(19)15-9-14(18)6-5-11(15)2/h5-9H,1-4H3. The molecule has 0 fully saturated rings. The molecule has 2 rings (SSSR count). The van der Waals surface area contributed by atoms with Crippen LogP contribution in [-0.2, 0) is 0 Å². The van der Waals surface area contributed by atoms with Gasteiger partial charge < -0.3 is 0 Å². The molecule has 98 valence electrons. The second-order valence-corrected chi connectivity index (χ2v) is 5.06. The van der Waals surface area contributed by atoms with Gasteiger partial charge in [0.15, 0.2) is 5.78 Å². The molecule has 2 aromatic rings. The molecular weight excluding hydrogens is 239 g/mol. The molecule has 0 saturated carbocycles. The molecule has 0 heterocycles. The molecule has 0 saturated heterocycles. The topological polar surface area (TPSA) is 17.1 Å². The lowest BCUT2D eigenvalue weighted by Gasteiger charge is -2.12. The zero-order valence-corrected chi connectivity index (χ0v) is 11.7. The Bertz CT molecular complexity index is 633. The molecular formula is C17H17FO. The monoisotopic (exact) mass is 256 g/mol. The van der Waals surface area contributed by atoms with Gasteiger partial charge in [-0.3, -0.25) is 4.79 Å². The summed E-state index contributed by atoms with van der Waals surface area (Å²) in [4.78, 5) is 12.6. The molecule has 2 heteroatoms. The summed E-state index contributed by atoms with van der Waals surface area (Å²) < 4.78 is 13.3. The van der Waals surface area contributed by atoms with Crippen LogP contribution < -0.4 is 0 Å². The van der Waals surface area contributed by atoms with Crippen molar-refractivity contribution < 1.29 is 9.18 Å². The highest BCUT2D eigenvalue weighted by molar-refractivity contribution is 6.11. The second kappa shape index (κ2) is 4.96. The van der Waals surface area contributed by atoms with Crippen molar-refractivity contribution in [2.45, 2.75) is 27.7 Å². The third kappa shape index (κ3) is 2.58. The van der Waals surface area contributed by atoms with Gasteiger partial charge in [0.25, 0.3) is 0 Å². The molecule has 19 heavy (non-hydrogen) atoms. The van der Waals surface area contributed by atoms with E-state index in [9.17, 15) is 9.18 Å². The highest BCUT2D eigenvalue weighted by atomic mass is 19.1. The van der Waals surface area contributed by atoms with Gasteiger partial charge >= 0.3 is 0 Å². The Balaban J connectivity index is 2.59. The summed E-state index contributed by atoms with van der Waals surface area (Å²) in [5.74, 6) is -0.483. The van der Waals surface area contributed by atoms with Crippen molar-refractivity contribution in [2.75, 3.05) is 0 Å². The number of aryl methyl sites for hydroxylation is 4. The molecule has 0 aliphatic carbocycles. The minimum atomic E-state index is -0.378. The van der Waals surface area contributed by atoms with E-state index in [4.69, 9.17) is 0 Å². The van der Waals surface area contributed by atoms with Crippen LogP contribution in [0.25, 0.3) is 0 Å². The van der Waals surface area contributed by atoms with E-state index in [1.54, 1.807) is 6.07 Å². The minimum absolute atomic E-state index is 0.105. The first kappa shape index (κ1) is 13.5. The first-order valence-electron chi connectivity index (χ1n) is 6.29. The van der Waals surface area contributed by atoms with Gasteiger partial charge in [-0.25, -0.2) is 4.39 Å². The smallest absolute Gasteiger partial charge is 0.193 e. The van der Waals surface area contributed by atoms with Crippen LogP contribution in [0.2, 0.25) is 0 Å². The fraction of sp³-hybridized carbons (Fsp3) is 0.235. The minimum Gasteiger partial charge on any atom is -0.289 e. The third-order valence-corrected chi connectivity index (χ3v) is 3.35. The van der Waals surface area contributed by atoms with E-state index in [1.807, 2.05) is 39.8 Å². The Morgan fingerprint density at radius 1 is 0.895 bits per heavy atom. The van der Waals surface area contributed by atoms with E-state index in [-0.39, 0.29) is 11.6 Å². The van der Waals surface area contributed by atoms with Gasteiger partial charge in [-0.2, -0.15) is 0 Å². The molecule has 0 radical (unpaired) electrons. The molecule has 0 bridgehead atoms. The van der Waals surface area contributed by atoms with Crippen molar-refractivity contribution >= 4 is 5.78 Å². The average Bonchev–Trinajstić information content (AvgIpc) is 2.30. The molecule has 0 aliphatic heterocycles. The van der Waals surface area contributed by atoms with Gasteiger partial charge in [-0.05, 0) is 56.5 Å². The summed E-state index contributed by atoms with van der Waals surface area (Å²) in [7, 11) is 0. The zero-order chi connectivity index (χ0) is 14.2. The SMILES string of the molecule is Cc1cc(C)c(C(=O)c2cc(F)ccc2C)c(C)c1. The molecule has 0 spiro atoms. The van der Waals surface area contributed by atoms with Crippen LogP contribution in [0, 0.1) is 33.5 Å². The molecule has 0 atom stereocenters. The second-order valence-electron chi connectivity index (χ2n) is 5.06. The van der Waals surface area contributed by atoms with Gasteiger partial charge in [0, 0.05) is 11.1 Å². The quantitative estimate of drug-likeness (QED) is 0.732. The lowest BCUT2D eigenvalue weighted by atomic mass is 9.91. The maximum absolute atomic E-state index is 13.3. The number of hydrogen-bond acceptors (Lipinski definition) is 1. The van der Waals surface area contributed by atoms with Crippen LogP contribution in [0.4, 0.5) is 4.39 Å². The Morgan fingerprint density at radius 2 is 1.47 bits per heavy atom. The predicted molar refractivity (Wildman–Crippen MR) is 75.2 cm³/mol. The molecule has 0 aliphatic rings. The molecule has 0 N–H and O–H groups in total. The van der Waals surface area contributed by atoms with E-state index < -0.39 is 0 Å². The normalized spacial score (nSPS) is 10.6. The zero-order valence-electron chi connectivity index (χ0n) is 11.7. The van der Waals surface area contributed by atoms with E-state index in [0.717, 1.165) is 22.3 Å². The van der Waals surface area contributed by atoms with Crippen molar-refractivity contribution in [1.82, 2.24) is 0 Å². The number of benzene rings is 2. The Labute approximate surface area is 113 Å². The largest absolute Gasteiger partial charge is 0.289 e. The van der Waals surface area contributed by atoms with Crippen molar-refractivity contribution in [3.63, 3.8) is 0 Å². The van der Waals surface area contributed by atoms with Crippen molar-refractivity contribution in [3.8, 4) is 0 Å². The summed E-state index contributed by atoms with van der Waals surface area (Å²) in [5, 5.41) is 0. The van der Waals surface area contributed by atoms with E-state index in [2.05, 4.69) is 0 Å². The molecule has 2 aromatic carbocycles. The lowest BCUT2D eigenvalue weighted by Crippen LogP contribution is -2.09. The summed E-state index contributed by atoms with van der Waals surface area (Å²) in [5.41, 5.74) is 4.92. The molecule has 0 amide bonds. The Hall–Kier alpha value is -1.96. The van der Waals surface area contributed by atoms with Crippen LogP contribution in [-0.4, -0.2) is 5.78 Å². The van der Waals surface area contributed by atoms with E-state index in [1.165, 1.54) is 12.1 Å². The van der Waals surface area contributed by atoms with Gasteiger partial charge in [0.1, 0.15) is 5.82 Å². The first-order chi connectivity index (χ1) is 8.90. The van der Waals surface area contributed by atoms with Gasteiger partial charge in [-0.1, -0.05) is 23.8 Å². The summed E-state index contributed by atoms with van der Waals surface area (Å²) in [6.07, 6.45) is 0. The van der Waals surface area contributed by atoms with Crippen LogP contribution in [0.1, 0.15) is 38.2 Å². The van der Waals surface area contributed by atoms with Gasteiger partial charge in [0.05, 0.1) is 0 Å². The summed E-state index contributed by atoms with van der Waals surface area (Å²) >= 11 is 0. The molecule has 0 aromatic heterocycles. The van der Waals surface area contributed by atoms with Crippen molar-refractivity contribution in [2.24, 2.45) is 0 Å². The van der Waals surface area contributed by atoms with Crippen LogP contribution in [0.15, 0.2) is 30.3 Å². The maximum atomic E-state index is 13.3. The van der Waals surface area contributed by atoms with Crippen LogP contribution >= 0.6 is 0 Å². The number of carbonyl (C=O) groups is 1. The number of hydrogen-bond donors (Lipinski definition) is 0. The fourth-order valence-corrected chi connectivity index (χ4v) is 2.51. The first-order valence-corrected chi connectivity index (χ1v) is 6.29. The van der Waals surface area contributed by atoms with E-state index >= 15 is 0 Å². The average molecular weight is 256 g/mol. The predicted octanol–water partition coefficient (Wildman–Crippen LogP) is 4.29. The lowest BCUT2D eigenvalue weighted by molar-refractivity contribution is 0.103. The summed E-state index contributed by atoms with van der Waals surface area (Å²) in [6.45, 7) is 7.66. The molecule has 0 unspecified atom stereocenters. The number of halogens is 1. The Morgan fingerprint density at radius 3 is 2.05 bits per heavy atom. The fourth-order valence-electron chi connectivity index (χ4n) is 2.51. The van der Waals surface area contributed by atoms with Gasteiger partial charge in [-0.15, -0.1) is 0 Å². The highest BCUT2D eigenvalue weighted by Crippen LogP contribution is 2.22. The summed E-state index contributed by atoms with van der Waals surface area (Å²) in [6, 6.07) is 8.29. The number of carbonyl (C=O) groups excluding carboxylic acids is 1. The highest BCUT2D eigenvalue weighted by Gasteiger charge is 2.17. The van der Waals surface area contributed by atoms with Gasteiger partial charge in [0.2, 0.25) is 0 Å². The Kier molecular flexibility index (Phi) is 3.52. The van der Waals surface area contributed by atoms with E-state index in [0.29, 0.717) is 11.1 Å². The maximum Gasteiger partial charge on any atom is 0.193 e. The van der Waals surface area contributed by atoms with Crippen molar-refractivity contribution in [3.05, 3.63) is 69.5 Å². The molecule has 1 nitrogen and oxygen atoms in total. The number of rotatable bonds is 2. The third-order valence-electron chi connectivity index (χ3n) is 3.35. The van der Waals surface area contributed by atoms with Crippen LogP contribution in [0.3, 0.4) is 0 Å².